The molecular weight excluding hydrogens is 571 g/mol. The van der Waals surface area contributed by atoms with Crippen molar-refractivity contribution in [3.05, 3.63) is 199 Å². The number of aryl methyl sites for hydroxylation is 2. The third-order valence-corrected chi connectivity index (χ3v) is 7.93. The molecule has 7 aromatic carbocycles. The summed E-state index contributed by atoms with van der Waals surface area (Å²) in [5.74, 6) is 0. The van der Waals surface area contributed by atoms with Crippen molar-refractivity contribution in [2.45, 2.75) is 13.8 Å². The molecule has 7 aromatic rings. The number of hydrogen-bond donors (Lipinski definition) is 1. The van der Waals surface area contributed by atoms with Crippen molar-refractivity contribution in [3.8, 4) is 11.1 Å². The van der Waals surface area contributed by atoms with Crippen molar-refractivity contribution in [1.29, 1.82) is 0 Å². The summed E-state index contributed by atoms with van der Waals surface area (Å²) in [6, 6.07) is 65.6. The fourth-order valence-electron chi connectivity index (χ4n) is 5.64. The SMILES string of the molecule is Cc1cccc(N(c2ccc(N(c3ccccc3)c3ccc(-c4ccccc4)cc3)cc2)c2cccc(C)c2)c1.Nc1ccccc1. The molecule has 0 radical (unpaired) electrons. The molecule has 0 atom stereocenters. The van der Waals surface area contributed by atoms with E-state index in [1.807, 2.05) is 30.3 Å². The summed E-state index contributed by atoms with van der Waals surface area (Å²) in [7, 11) is 0. The number of para-hydroxylation sites is 2. The van der Waals surface area contributed by atoms with Gasteiger partial charge in [-0.15, -0.1) is 0 Å². The van der Waals surface area contributed by atoms with Gasteiger partial charge in [0.1, 0.15) is 0 Å². The number of anilines is 7. The Bertz CT molecular complexity index is 1940. The molecule has 47 heavy (non-hydrogen) atoms. The number of nitrogens with two attached hydrogens (primary N) is 1. The topological polar surface area (TPSA) is 32.5 Å². The number of nitrogen functional groups attached to an aromatic ring is 1. The smallest absolute Gasteiger partial charge is 0.0464 e. The Hall–Kier alpha value is -6.06. The van der Waals surface area contributed by atoms with Crippen LogP contribution in [0.15, 0.2) is 188 Å². The van der Waals surface area contributed by atoms with Gasteiger partial charge in [-0.3, -0.25) is 0 Å². The first kappa shape index (κ1) is 30.9. The minimum atomic E-state index is 0.822. The average Bonchev–Trinajstić information content (AvgIpc) is 3.11. The van der Waals surface area contributed by atoms with Crippen LogP contribution in [0.25, 0.3) is 11.1 Å². The molecule has 0 aliphatic carbocycles. The van der Waals surface area contributed by atoms with E-state index in [1.165, 1.54) is 22.3 Å². The Morgan fingerprint density at radius 1 is 0.319 bits per heavy atom. The normalized spacial score (nSPS) is 10.4. The van der Waals surface area contributed by atoms with Gasteiger partial charge in [0.15, 0.2) is 0 Å². The van der Waals surface area contributed by atoms with E-state index in [0.717, 1.165) is 39.8 Å². The van der Waals surface area contributed by atoms with E-state index in [-0.39, 0.29) is 0 Å². The molecule has 0 heterocycles. The van der Waals surface area contributed by atoms with Crippen molar-refractivity contribution in [3.63, 3.8) is 0 Å². The van der Waals surface area contributed by atoms with Crippen LogP contribution in [0.1, 0.15) is 11.1 Å². The Morgan fingerprint density at radius 3 is 1.09 bits per heavy atom. The molecule has 3 heteroatoms. The maximum absolute atomic E-state index is 5.36. The molecule has 0 fully saturated rings. The van der Waals surface area contributed by atoms with Crippen molar-refractivity contribution < 1.29 is 0 Å². The summed E-state index contributed by atoms with van der Waals surface area (Å²) >= 11 is 0. The second kappa shape index (κ2) is 14.8. The Balaban J connectivity index is 0.000000491. The fourth-order valence-corrected chi connectivity index (χ4v) is 5.64. The maximum Gasteiger partial charge on any atom is 0.0464 e. The highest BCUT2D eigenvalue weighted by atomic mass is 15.2. The van der Waals surface area contributed by atoms with E-state index in [1.54, 1.807) is 0 Å². The van der Waals surface area contributed by atoms with Gasteiger partial charge in [0.25, 0.3) is 0 Å². The summed E-state index contributed by atoms with van der Waals surface area (Å²) in [6.45, 7) is 4.28. The average molecular weight is 610 g/mol. The van der Waals surface area contributed by atoms with Crippen LogP contribution in [0, 0.1) is 13.8 Å². The standard InChI is InChI=1S/C38H32N2.C6H7N/c1-29-11-9-17-37(27-29)40(38-18-10-12-30(2)28-38)36-25-23-35(24-26-36)39(33-15-7-4-8-16-33)34-21-19-32(20-22-34)31-13-5-3-6-14-31;7-6-4-2-1-3-5-6/h3-28H,1-2H3;1-5H,7H2. The lowest BCUT2D eigenvalue weighted by Gasteiger charge is -2.28. The quantitative estimate of drug-likeness (QED) is 0.182. The second-order valence-corrected chi connectivity index (χ2v) is 11.5. The van der Waals surface area contributed by atoms with Crippen molar-refractivity contribution in [2.75, 3.05) is 15.5 Å². The lowest BCUT2D eigenvalue weighted by molar-refractivity contribution is 1.24. The molecule has 0 aromatic heterocycles. The van der Waals surface area contributed by atoms with E-state index in [4.69, 9.17) is 5.73 Å². The van der Waals surface area contributed by atoms with E-state index in [2.05, 4.69) is 181 Å². The summed E-state index contributed by atoms with van der Waals surface area (Å²) in [6.07, 6.45) is 0. The summed E-state index contributed by atoms with van der Waals surface area (Å²) in [5, 5.41) is 0. The maximum atomic E-state index is 5.36. The van der Waals surface area contributed by atoms with Gasteiger partial charge in [0.2, 0.25) is 0 Å². The van der Waals surface area contributed by atoms with Crippen LogP contribution in [0.5, 0.6) is 0 Å². The molecule has 7 rings (SSSR count). The monoisotopic (exact) mass is 609 g/mol. The van der Waals surface area contributed by atoms with Gasteiger partial charge >= 0.3 is 0 Å². The number of hydrogen-bond acceptors (Lipinski definition) is 3. The van der Waals surface area contributed by atoms with Crippen LogP contribution in [0.4, 0.5) is 39.8 Å². The highest BCUT2D eigenvalue weighted by Crippen LogP contribution is 2.39. The summed E-state index contributed by atoms with van der Waals surface area (Å²) in [5.41, 5.74) is 17.8. The van der Waals surface area contributed by atoms with Crippen LogP contribution in [0.2, 0.25) is 0 Å². The summed E-state index contributed by atoms with van der Waals surface area (Å²) in [4.78, 5) is 4.63. The van der Waals surface area contributed by atoms with E-state index >= 15 is 0 Å². The van der Waals surface area contributed by atoms with Gasteiger partial charge in [-0.2, -0.15) is 0 Å². The van der Waals surface area contributed by atoms with Gasteiger partial charge < -0.3 is 15.5 Å². The molecule has 2 N–H and O–H groups in total. The molecule has 0 aliphatic rings. The number of benzene rings is 7. The second-order valence-electron chi connectivity index (χ2n) is 11.5. The molecule has 0 amide bonds. The minimum absolute atomic E-state index is 0.822. The molecule has 0 bridgehead atoms. The summed E-state index contributed by atoms with van der Waals surface area (Å²) < 4.78 is 0. The molecule has 0 saturated heterocycles. The predicted molar refractivity (Wildman–Crippen MR) is 202 cm³/mol. The van der Waals surface area contributed by atoms with Crippen LogP contribution in [-0.4, -0.2) is 0 Å². The third-order valence-electron chi connectivity index (χ3n) is 7.93. The van der Waals surface area contributed by atoms with Crippen molar-refractivity contribution in [2.24, 2.45) is 0 Å². The van der Waals surface area contributed by atoms with Gasteiger partial charge in [-0.1, -0.05) is 103 Å². The fraction of sp³-hybridized carbons (Fsp3) is 0.0455. The Kier molecular flexibility index (Phi) is 9.75. The zero-order valence-corrected chi connectivity index (χ0v) is 26.9. The van der Waals surface area contributed by atoms with Gasteiger partial charge in [0, 0.05) is 39.8 Å². The van der Waals surface area contributed by atoms with E-state index in [9.17, 15) is 0 Å². The first-order chi connectivity index (χ1) is 23.0. The van der Waals surface area contributed by atoms with Crippen LogP contribution in [-0.2, 0) is 0 Å². The van der Waals surface area contributed by atoms with Crippen molar-refractivity contribution in [1.82, 2.24) is 0 Å². The van der Waals surface area contributed by atoms with Gasteiger partial charge in [-0.25, -0.2) is 0 Å². The zero-order valence-electron chi connectivity index (χ0n) is 26.9. The number of nitrogens with zero attached hydrogens (tertiary/aromatic N) is 2. The van der Waals surface area contributed by atoms with Gasteiger partial charge in [0.05, 0.1) is 0 Å². The van der Waals surface area contributed by atoms with Gasteiger partial charge in [-0.05, 0) is 121 Å². The van der Waals surface area contributed by atoms with E-state index in [0.29, 0.717) is 0 Å². The Labute approximate surface area is 278 Å². The Morgan fingerprint density at radius 2 is 0.660 bits per heavy atom. The highest BCUT2D eigenvalue weighted by Gasteiger charge is 2.16. The largest absolute Gasteiger partial charge is 0.399 e. The molecule has 0 spiro atoms. The first-order valence-corrected chi connectivity index (χ1v) is 15.9. The minimum Gasteiger partial charge on any atom is -0.399 e. The number of rotatable bonds is 7. The molecular formula is C44H39N3. The zero-order chi connectivity index (χ0) is 32.4. The lowest BCUT2D eigenvalue weighted by Crippen LogP contribution is -2.12. The van der Waals surface area contributed by atoms with Crippen LogP contribution < -0.4 is 15.5 Å². The third kappa shape index (κ3) is 7.78. The van der Waals surface area contributed by atoms with Crippen molar-refractivity contribution >= 4 is 39.8 Å². The molecule has 0 aliphatic heterocycles. The molecule has 0 unspecified atom stereocenters. The molecule has 230 valence electrons. The van der Waals surface area contributed by atoms with Crippen LogP contribution in [0.3, 0.4) is 0 Å². The van der Waals surface area contributed by atoms with E-state index < -0.39 is 0 Å². The lowest BCUT2D eigenvalue weighted by atomic mass is 10.0. The first-order valence-electron chi connectivity index (χ1n) is 15.9. The predicted octanol–water partition coefficient (Wildman–Crippen LogP) is 12.2. The molecule has 3 nitrogen and oxygen atoms in total. The molecule has 0 saturated carbocycles. The highest BCUT2D eigenvalue weighted by molar-refractivity contribution is 5.82. The van der Waals surface area contributed by atoms with Crippen LogP contribution >= 0.6 is 0 Å².